The molecule has 2 heterocycles. The number of amides is 1. The van der Waals surface area contributed by atoms with Crippen LogP contribution < -0.4 is 10.3 Å². The normalized spacial score (nSPS) is 17.1. The Kier molecular flexibility index (Phi) is 4.30. The van der Waals surface area contributed by atoms with E-state index in [2.05, 4.69) is 15.4 Å². The standard InChI is InChI=1S/C17H17ClN4O/c1-11-3-4-14(9-15(11)18)22-10-12(2)16(21-22)20-17(23)13-5-7-19-8-6-13/h3-9,12H,10H2,1-2H3,(H,20,21,23)/t12-/m0/s1. The lowest BCUT2D eigenvalue weighted by molar-refractivity contribution is 0.0975. The number of anilines is 1. The zero-order chi connectivity index (χ0) is 16.4. The SMILES string of the molecule is Cc1ccc(N2C[C@H](C)C(NC(=O)c3ccncc3)=N2)cc1Cl. The van der Waals surface area contributed by atoms with Gasteiger partial charge in [-0.25, -0.2) is 0 Å². The minimum atomic E-state index is -0.179. The Balaban J connectivity index is 1.77. The van der Waals surface area contributed by atoms with Crippen LogP contribution in [0.5, 0.6) is 0 Å². The van der Waals surface area contributed by atoms with E-state index >= 15 is 0 Å². The summed E-state index contributed by atoms with van der Waals surface area (Å²) in [5, 5.41) is 9.97. The second-order valence-corrected chi connectivity index (χ2v) is 6.00. The maximum atomic E-state index is 12.2. The first-order chi connectivity index (χ1) is 11.0. The van der Waals surface area contributed by atoms with Crippen LogP contribution in [0.25, 0.3) is 0 Å². The first-order valence-electron chi connectivity index (χ1n) is 7.38. The number of benzene rings is 1. The molecule has 0 bridgehead atoms. The van der Waals surface area contributed by atoms with Crippen LogP contribution in [0.3, 0.4) is 0 Å². The van der Waals surface area contributed by atoms with Crippen molar-refractivity contribution in [3.8, 4) is 0 Å². The van der Waals surface area contributed by atoms with E-state index in [1.54, 1.807) is 24.5 Å². The molecular weight excluding hydrogens is 312 g/mol. The van der Waals surface area contributed by atoms with Crippen molar-refractivity contribution >= 4 is 29.0 Å². The maximum Gasteiger partial charge on any atom is 0.256 e. The minimum Gasteiger partial charge on any atom is -0.308 e. The smallest absolute Gasteiger partial charge is 0.256 e. The van der Waals surface area contributed by atoms with Crippen LogP contribution in [0, 0.1) is 12.8 Å². The molecule has 5 nitrogen and oxygen atoms in total. The number of hydrogen-bond acceptors (Lipinski definition) is 4. The summed E-state index contributed by atoms with van der Waals surface area (Å²) >= 11 is 6.18. The number of aromatic nitrogens is 1. The summed E-state index contributed by atoms with van der Waals surface area (Å²) < 4.78 is 0. The van der Waals surface area contributed by atoms with Crippen molar-refractivity contribution in [1.29, 1.82) is 0 Å². The highest BCUT2D eigenvalue weighted by molar-refractivity contribution is 6.31. The number of hydrogen-bond donors (Lipinski definition) is 1. The van der Waals surface area contributed by atoms with Crippen molar-refractivity contribution < 1.29 is 4.79 Å². The first kappa shape index (κ1) is 15.5. The van der Waals surface area contributed by atoms with Crippen molar-refractivity contribution in [3.63, 3.8) is 0 Å². The van der Waals surface area contributed by atoms with Crippen LogP contribution in [0.1, 0.15) is 22.8 Å². The summed E-state index contributed by atoms with van der Waals surface area (Å²) in [4.78, 5) is 16.1. The molecule has 0 saturated heterocycles. The summed E-state index contributed by atoms with van der Waals surface area (Å²) in [6.07, 6.45) is 3.19. The average molecular weight is 329 g/mol. The Morgan fingerprint density at radius 1 is 1.30 bits per heavy atom. The Morgan fingerprint density at radius 3 is 2.74 bits per heavy atom. The second-order valence-electron chi connectivity index (χ2n) is 5.59. The van der Waals surface area contributed by atoms with E-state index in [9.17, 15) is 4.79 Å². The van der Waals surface area contributed by atoms with Gasteiger partial charge in [0, 0.05) is 28.9 Å². The largest absolute Gasteiger partial charge is 0.308 e. The Hall–Kier alpha value is -2.40. The number of rotatable bonds is 2. The first-order valence-corrected chi connectivity index (χ1v) is 7.76. The molecule has 1 atom stereocenters. The van der Waals surface area contributed by atoms with Gasteiger partial charge >= 0.3 is 0 Å². The van der Waals surface area contributed by atoms with Gasteiger partial charge in [-0.3, -0.25) is 14.8 Å². The summed E-state index contributed by atoms with van der Waals surface area (Å²) in [7, 11) is 0. The predicted molar refractivity (Wildman–Crippen MR) is 91.8 cm³/mol. The lowest BCUT2D eigenvalue weighted by Crippen LogP contribution is -2.33. The van der Waals surface area contributed by atoms with Crippen molar-refractivity contribution in [2.45, 2.75) is 13.8 Å². The van der Waals surface area contributed by atoms with E-state index in [4.69, 9.17) is 11.6 Å². The molecule has 1 N–H and O–H groups in total. The molecule has 1 amide bonds. The number of nitrogens with one attached hydrogen (secondary N) is 1. The van der Waals surface area contributed by atoms with Gasteiger partial charge in [0.2, 0.25) is 0 Å². The van der Waals surface area contributed by atoms with E-state index in [0.29, 0.717) is 23.0 Å². The van der Waals surface area contributed by atoms with Crippen LogP contribution in [0.2, 0.25) is 5.02 Å². The number of aryl methyl sites for hydroxylation is 1. The Morgan fingerprint density at radius 2 is 2.04 bits per heavy atom. The molecule has 2 aromatic rings. The Labute approximate surface area is 140 Å². The van der Waals surface area contributed by atoms with Gasteiger partial charge in [-0.15, -0.1) is 0 Å². The fourth-order valence-corrected chi connectivity index (χ4v) is 2.54. The van der Waals surface area contributed by atoms with Gasteiger partial charge in [-0.05, 0) is 36.8 Å². The fourth-order valence-electron chi connectivity index (χ4n) is 2.36. The van der Waals surface area contributed by atoms with E-state index in [1.165, 1.54) is 0 Å². The highest BCUT2D eigenvalue weighted by Gasteiger charge is 2.25. The summed E-state index contributed by atoms with van der Waals surface area (Å²) in [5.74, 6) is 0.603. The van der Waals surface area contributed by atoms with Gasteiger partial charge in [0.05, 0.1) is 12.2 Å². The third-order valence-corrected chi connectivity index (χ3v) is 4.19. The highest BCUT2D eigenvalue weighted by Crippen LogP contribution is 2.26. The molecule has 23 heavy (non-hydrogen) atoms. The van der Waals surface area contributed by atoms with Gasteiger partial charge in [-0.2, -0.15) is 5.10 Å². The lowest BCUT2D eigenvalue weighted by Gasteiger charge is -2.15. The molecule has 0 spiro atoms. The van der Waals surface area contributed by atoms with E-state index in [1.807, 2.05) is 37.1 Å². The molecule has 1 aromatic heterocycles. The van der Waals surface area contributed by atoms with Crippen LogP contribution in [0.15, 0.2) is 47.8 Å². The monoisotopic (exact) mass is 328 g/mol. The van der Waals surface area contributed by atoms with Crippen molar-refractivity contribution in [1.82, 2.24) is 10.3 Å². The van der Waals surface area contributed by atoms with Crippen molar-refractivity contribution in [2.24, 2.45) is 11.0 Å². The number of nitrogens with zero attached hydrogens (tertiary/aromatic N) is 3. The lowest BCUT2D eigenvalue weighted by atomic mass is 10.1. The molecule has 0 fully saturated rings. The van der Waals surface area contributed by atoms with E-state index in [-0.39, 0.29) is 11.8 Å². The predicted octanol–water partition coefficient (Wildman–Crippen LogP) is 3.24. The van der Waals surface area contributed by atoms with Crippen LogP contribution in [-0.4, -0.2) is 23.3 Å². The third-order valence-electron chi connectivity index (χ3n) is 3.78. The number of pyridine rings is 1. The van der Waals surface area contributed by atoms with E-state index < -0.39 is 0 Å². The molecule has 118 valence electrons. The molecule has 0 aliphatic carbocycles. The van der Waals surface area contributed by atoms with Crippen LogP contribution >= 0.6 is 11.6 Å². The molecule has 1 aromatic carbocycles. The fraction of sp³-hybridized carbons (Fsp3) is 0.235. The highest BCUT2D eigenvalue weighted by atomic mass is 35.5. The quantitative estimate of drug-likeness (QED) is 0.920. The zero-order valence-corrected chi connectivity index (χ0v) is 13.7. The molecular formula is C17H17ClN4O. The summed E-state index contributed by atoms with van der Waals surface area (Å²) in [5.41, 5.74) is 2.50. The minimum absolute atomic E-state index is 0.126. The Bertz CT molecular complexity index is 760. The molecule has 3 rings (SSSR count). The number of amidine groups is 1. The maximum absolute atomic E-state index is 12.2. The van der Waals surface area contributed by atoms with Gasteiger partial charge in [-0.1, -0.05) is 24.6 Å². The molecule has 1 aliphatic rings. The second kappa shape index (κ2) is 6.38. The van der Waals surface area contributed by atoms with E-state index in [0.717, 1.165) is 11.3 Å². The number of halogens is 1. The molecule has 1 aliphatic heterocycles. The van der Waals surface area contributed by atoms with Crippen molar-refractivity contribution in [3.05, 3.63) is 58.9 Å². The number of carbonyl (C=O) groups excluding carboxylic acids is 1. The van der Waals surface area contributed by atoms with Gasteiger partial charge in [0.25, 0.3) is 5.91 Å². The molecule has 0 unspecified atom stereocenters. The van der Waals surface area contributed by atoms with Gasteiger partial charge < -0.3 is 5.32 Å². The summed E-state index contributed by atoms with van der Waals surface area (Å²) in [6.45, 7) is 4.69. The van der Waals surface area contributed by atoms with Crippen LogP contribution in [0.4, 0.5) is 5.69 Å². The molecule has 0 radical (unpaired) electrons. The third kappa shape index (κ3) is 3.35. The molecule has 6 heteroatoms. The zero-order valence-electron chi connectivity index (χ0n) is 13.0. The summed E-state index contributed by atoms with van der Waals surface area (Å²) in [6, 6.07) is 9.18. The van der Waals surface area contributed by atoms with Gasteiger partial charge in [0.1, 0.15) is 5.84 Å². The average Bonchev–Trinajstić information content (AvgIpc) is 2.92. The van der Waals surface area contributed by atoms with Crippen molar-refractivity contribution in [2.75, 3.05) is 11.6 Å². The number of hydrazone groups is 1. The topological polar surface area (TPSA) is 57.6 Å². The van der Waals surface area contributed by atoms with Crippen LogP contribution in [-0.2, 0) is 0 Å². The molecule has 0 saturated carbocycles. The van der Waals surface area contributed by atoms with Gasteiger partial charge in [0.15, 0.2) is 0 Å². The number of carbonyl (C=O) groups is 1.